The number of rotatable bonds is 5. The lowest BCUT2D eigenvalue weighted by Gasteiger charge is -2.32. The van der Waals surface area contributed by atoms with Gasteiger partial charge in [-0.1, -0.05) is 25.6 Å². The molecule has 0 radical (unpaired) electrons. The summed E-state index contributed by atoms with van der Waals surface area (Å²) in [7, 11) is 0. The second-order valence-electron chi connectivity index (χ2n) is 7.40. The summed E-state index contributed by atoms with van der Waals surface area (Å²) in [4.78, 5) is 4.39. The van der Waals surface area contributed by atoms with Gasteiger partial charge in [-0.05, 0) is 48.7 Å². The fourth-order valence-electron chi connectivity index (χ4n) is 4.40. The van der Waals surface area contributed by atoms with E-state index in [0.717, 1.165) is 29.1 Å². The second-order valence-corrected chi connectivity index (χ2v) is 7.40. The molecule has 26 heavy (non-hydrogen) atoms. The molecule has 1 N–H and O–H groups in total. The molecule has 4 heteroatoms. The number of aryl methyl sites for hydroxylation is 2. The van der Waals surface area contributed by atoms with Gasteiger partial charge < -0.3 is 10.1 Å². The molecule has 2 fully saturated rings. The SMILES string of the molecule is C=C(Nc1cccc(C)c1)C1C2CC(F)C(O2)C1c1ccnc(CC)c1. The number of hydrogen-bond acceptors (Lipinski definition) is 3. The minimum atomic E-state index is -0.911. The van der Waals surface area contributed by atoms with Crippen LogP contribution in [0.4, 0.5) is 10.1 Å². The minimum Gasteiger partial charge on any atom is -0.370 e. The summed E-state index contributed by atoms with van der Waals surface area (Å²) in [5.74, 6) is 0.0291. The minimum absolute atomic E-state index is 0.0261. The largest absolute Gasteiger partial charge is 0.370 e. The number of aromatic nitrogens is 1. The molecule has 2 aliphatic heterocycles. The topological polar surface area (TPSA) is 34.1 Å². The number of nitrogens with one attached hydrogen (secondary N) is 1. The molecule has 2 aliphatic rings. The first kappa shape index (κ1) is 17.2. The van der Waals surface area contributed by atoms with Crippen molar-refractivity contribution in [2.75, 3.05) is 5.32 Å². The van der Waals surface area contributed by atoms with Gasteiger partial charge in [0, 0.05) is 41.5 Å². The van der Waals surface area contributed by atoms with E-state index in [1.165, 1.54) is 5.56 Å². The number of nitrogens with zero attached hydrogens (tertiary/aromatic N) is 1. The van der Waals surface area contributed by atoms with E-state index in [0.29, 0.717) is 6.42 Å². The Morgan fingerprint density at radius 2 is 2.19 bits per heavy atom. The average Bonchev–Trinajstić information content (AvgIpc) is 3.18. The van der Waals surface area contributed by atoms with Crippen molar-refractivity contribution < 1.29 is 9.13 Å². The molecule has 0 amide bonds. The van der Waals surface area contributed by atoms with E-state index in [1.807, 2.05) is 24.4 Å². The smallest absolute Gasteiger partial charge is 0.129 e. The lowest BCUT2D eigenvalue weighted by molar-refractivity contribution is 0.0752. The summed E-state index contributed by atoms with van der Waals surface area (Å²) >= 11 is 0. The van der Waals surface area contributed by atoms with E-state index >= 15 is 0 Å². The molecule has 5 unspecified atom stereocenters. The number of benzene rings is 1. The van der Waals surface area contributed by atoms with E-state index in [1.54, 1.807) is 0 Å². The molecular formula is C22H25FN2O. The zero-order valence-corrected chi connectivity index (χ0v) is 15.3. The van der Waals surface area contributed by atoms with Crippen molar-refractivity contribution in [3.63, 3.8) is 0 Å². The van der Waals surface area contributed by atoms with Crippen LogP contribution in [-0.4, -0.2) is 23.4 Å². The molecular weight excluding hydrogens is 327 g/mol. The molecule has 2 saturated heterocycles. The van der Waals surface area contributed by atoms with Gasteiger partial charge in [-0.2, -0.15) is 0 Å². The summed E-state index contributed by atoms with van der Waals surface area (Å²) < 4.78 is 20.5. The van der Waals surface area contributed by atoms with Crippen molar-refractivity contribution in [3.8, 4) is 0 Å². The predicted octanol–water partition coefficient (Wildman–Crippen LogP) is 4.79. The third-order valence-corrected chi connectivity index (χ3v) is 5.60. The summed E-state index contributed by atoms with van der Waals surface area (Å²) in [5.41, 5.74) is 5.22. The number of halogens is 1. The van der Waals surface area contributed by atoms with Gasteiger partial charge in [-0.3, -0.25) is 4.98 Å². The maximum atomic E-state index is 14.5. The first-order valence-electron chi connectivity index (χ1n) is 9.33. The highest BCUT2D eigenvalue weighted by Crippen LogP contribution is 2.52. The summed E-state index contributed by atoms with van der Waals surface area (Å²) in [5, 5.41) is 3.44. The standard InChI is InChI=1S/C22H25FN2O/c1-4-16-11-15(8-9-24-16)21-20(19-12-18(23)22(21)26-19)14(3)25-17-7-5-6-13(2)10-17/h5-11,18-22,25H,3-4,12H2,1-2H3. The Morgan fingerprint density at radius 3 is 2.96 bits per heavy atom. The fourth-order valence-corrected chi connectivity index (χ4v) is 4.40. The van der Waals surface area contributed by atoms with Gasteiger partial charge in [0.25, 0.3) is 0 Å². The summed E-state index contributed by atoms with van der Waals surface area (Å²) in [6.45, 7) is 8.44. The molecule has 0 saturated carbocycles. The fraction of sp³-hybridized carbons (Fsp3) is 0.409. The third-order valence-electron chi connectivity index (χ3n) is 5.60. The summed E-state index contributed by atoms with van der Waals surface area (Å²) in [6.07, 6.45) is 1.71. The number of hydrogen-bond donors (Lipinski definition) is 1. The van der Waals surface area contributed by atoms with Gasteiger partial charge in [0.15, 0.2) is 0 Å². The number of alkyl halides is 1. The van der Waals surface area contributed by atoms with Crippen LogP contribution in [0.3, 0.4) is 0 Å². The van der Waals surface area contributed by atoms with Gasteiger partial charge in [0.2, 0.25) is 0 Å². The maximum Gasteiger partial charge on any atom is 0.129 e. The molecule has 0 spiro atoms. The first-order valence-corrected chi connectivity index (χ1v) is 9.33. The van der Waals surface area contributed by atoms with E-state index in [-0.39, 0.29) is 17.9 Å². The van der Waals surface area contributed by atoms with Crippen molar-refractivity contribution in [2.24, 2.45) is 5.92 Å². The number of pyridine rings is 1. The van der Waals surface area contributed by atoms with Crippen LogP contribution in [-0.2, 0) is 11.2 Å². The zero-order valence-electron chi connectivity index (χ0n) is 15.3. The van der Waals surface area contributed by atoms with Crippen LogP contribution >= 0.6 is 0 Å². The Labute approximate surface area is 154 Å². The molecule has 1 aromatic carbocycles. The Morgan fingerprint density at radius 1 is 1.35 bits per heavy atom. The van der Waals surface area contributed by atoms with Gasteiger partial charge in [0.05, 0.1) is 12.2 Å². The predicted molar refractivity (Wildman–Crippen MR) is 102 cm³/mol. The summed E-state index contributed by atoms with van der Waals surface area (Å²) in [6, 6.07) is 12.3. The van der Waals surface area contributed by atoms with E-state index in [2.05, 4.69) is 48.9 Å². The lowest BCUT2D eigenvalue weighted by atomic mass is 9.73. The second kappa shape index (κ2) is 6.84. The van der Waals surface area contributed by atoms with Gasteiger partial charge in [-0.15, -0.1) is 0 Å². The number of fused-ring (bicyclic) bond motifs is 2. The van der Waals surface area contributed by atoms with E-state index in [4.69, 9.17) is 4.74 Å². The molecule has 1 aromatic heterocycles. The van der Waals surface area contributed by atoms with Crippen LogP contribution in [0.1, 0.15) is 36.1 Å². The average molecular weight is 352 g/mol. The Bertz CT molecular complexity index is 821. The molecule has 0 aliphatic carbocycles. The monoisotopic (exact) mass is 352 g/mol. The molecule has 3 nitrogen and oxygen atoms in total. The molecule has 4 rings (SSSR count). The van der Waals surface area contributed by atoms with Crippen molar-refractivity contribution in [2.45, 2.75) is 51.0 Å². The highest BCUT2D eigenvalue weighted by Gasteiger charge is 2.56. The van der Waals surface area contributed by atoms with Crippen LogP contribution in [0, 0.1) is 12.8 Å². The zero-order chi connectivity index (χ0) is 18.3. The van der Waals surface area contributed by atoms with Gasteiger partial charge in [0.1, 0.15) is 6.17 Å². The van der Waals surface area contributed by atoms with Crippen molar-refractivity contribution in [1.29, 1.82) is 0 Å². The third kappa shape index (κ3) is 3.03. The van der Waals surface area contributed by atoms with Gasteiger partial charge >= 0.3 is 0 Å². The normalized spacial score (nSPS) is 29.7. The van der Waals surface area contributed by atoms with Crippen LogP contribution in [0.2, 0.25) is 0 Å². The lowest BCUT2D eigenvalue weighted by Crippen LogP contribution is -2.35. The van der Waals surface area contributed by atoms with Crippen molar-refractivity contribution in [1.82, 2.24) is 4.98 Å². The van der Waals surface area contributed by atoms with Crippen LogP contribution in [0.5, 0.6) is 0 Å². The molecule has 136 valence electrons. The molecule has 5 atom stereocenters. The molecule has 2 aromatic rings. The van der Waals surface area contributed by atoms with Crippen LogP contribution in [0.25, 0.3) is 0 Å². The van der Waals surface area contributed by atoms with E-state index < -0.39 is 12.3 Å². The Hall–Kier alpha value is -2.20. The van der Waals surface area contributed by atoms with E-state index in [9.17, 15) is 4.39 Å². The highest BCUT2D eigenvalue weighted by molar-refractivity contribution is 5.51. The number of anilines is 1. The molecule has 2 bridgehead atoms. The maximum absolute atomic E-state index is 14.5. The molecule has 3 heterocycles. The van der Waals surface area contributed by atoms with Crippen molar-refractivity contribution in [3.05, 3.63) is 71.7 Å². The Balaban J connectivity index is 1.63. The van der Waals surface area contributed by atoms with Crippen LogP contribution in [0.15, 0.2) is 54.9 Å². The Kier molecular flexibility index (Phi) is 4.53. The first-order chi connectivity index (χ1) is 12.6. The highest BCUT2D eigenvalue weighted by atomic mass is 19.1. The van der Waals surface area contributed by atoms with Gasteiger partial charge in [-0.25, -0.2) is 4.39 Å². The quantitative estimate of drug-likeness (QED) is 0.840. The van der Waals surface area contributed by atoms with Crippen molar-refractivity contribution >= 4 is 5.69 Å². The van der Waals surface area contributed by atoms with Crippen LogP contribution < -0.4 is 5.32 Å². The number of ether oxygens (including phenoxy) is 1.